The predicted octanol–water partition coefficient (Wildman–Crippen LogP) is 9.99. The fourth-order valence-corrected chi connectivity index (χ4v) is 9.34. The summed E-state index contributed by atoms with van der Waals surface area (Å²) in [5.74, 6) is 0.987. The molecule has 1 fully saturated rings. The van der Waals surface area contributed by atoms with Gasteiger partial charge in [0.1, 0.15) is 4.32 Å². The molecule has 0 N–H and O–H groups in total. The van der Waals surface area contributed by atoms with Gasteiger partial charge in [-0.1, -0.05) is 123 Å². The molecule has 0 radical (unpaired) electrons. The van der Waals surface area contributed by atoms with E-state index in [0.717, 1.165) is 12.3 Å². The molecule has 0 aliphatic carbocycles. The summed E-state index contributed by atoms with van der Waals surface area (Å²) in [6.07, 6.45) is 15.5. The molecule has 0 unspecified atom stereocenters. The Morgan fingerprint density at radius 1 is 0.837 bits per heavy atom. The first-order valence-electron chi connectivity index (χ1n) is 17.3. The van der Waals surface area contributed by atoms with E-state index in [-0.39, 0.29) is 16.7 Å². The standard InChI is InChI=1S/C43H44N3OS2/c1-6-44-34-24-22-30-16-12-14-18-32(30)39(34)42(2,3)36(44)20-10-8-7-9-11-21-37-43(4,5)40-33-19-15-13-17-31(33)23-25-35(40)45(37)27-26-38(47)46-28-29-49-41(46)48/h7-25H,6,26-29H2,1-5H3/q+1. The summed E-state index contributed by atoms with van der Waals surface area (Å²) in [6.45, 7) is 13.7. The topological polar surface area (TPSA) is 26.6 Å². The van der Waals surface area contributed by atoms with E-state index in [2.05, 4.69) is 159 Å². The summed E-state index contributed by atoms with van der Waals surface area (Å²) in [4.78, 5) is 17.4. The van der Waals surface area contributed by atoms with Crippen LogP contribution in [-0.4, -0.2) is 50.8 Å². The zero-order valence-electron chi connectivity index (χ0n) is 29.1. The van der Waals surface area contributed by atoms with Crippen molar-refractivity contribution in [2.45, 2.75) is 51.9 Å². The monoisotopic (exact) mass is 682 g/mol. The van der Waals surface area contributed by atoms with Gasteiger partial charge < -0.3 is 4.90 Å². The molecule has 6 heteroatoms. The summed E-state index contributed by atoms with van der Waals surface area (Å²) >= 11 is 7.04. The van der Waals surface area contributed by atoms with Crippen LogP contribution in [0.4, 0.5) is 11.4 Å². The van der Waals surface area contributed by atoms with E-state index < -0.39 is 0 Å². The molecule has 3 heterocycles. The Morgan fingerprint density at radius 2 is 1.49 bits per heavy atom. The van der Waals surface area contributed by atoms with Crippen LogP contribution in [0.5, 0.6) is 0 Å². The van der Waals surface area contributed by atoms with Gasteiger partial charge in [0.2, 0.25) is 11.6 Å². The van der Waals surface area contributed by atoms with Crippen LogP contribution in [0.3, 0.4) is 0 Å². The minimum Gasteiger partial charge on any atom is -0.344 e. The SMILES string of the molecule is CCN1/C(=C/C=C/C=C/C=C/C2=[N+](CCC(=O)N3CCSC3=S)c3ccc4ccccc4c3C2(C)C)C(C)(C)c2c1ccc1ccccc21. The minimum absolute atomic E-state index is 0.104. The molecule has 3 aliphatic rings. The largest absolute Gasteiger partial charge is 0.344 e. The van der Waals surface area contributed by atoms with Crippen LogP contribution in [0.2, 0.25) is 0 Å². The number of hydrogen-bond acceptors (Lipinski definition) is 4. The Bertz CT molecular complexity index is 2150. The Labute approximate surface area is 300 Å². The number of likely N-dealkylation sites (N-methyl/N-ethyl adjacent to an activating group) is 1. The van der Waals surface area contributed by atoms with Crippen LogP contribution in [0.1, 0.15) is 52.2 Å². The third kappa shape index (κ3) is 5.79. The molecule has 248 valence electrons. The Hall–Kier alpha value is -4.26. The van der Waals surface area contributed by atoms with Gasteiger partial charge >= 0.3 is 0 Å². The highest BCUT2D eigenvalue weighted by Crippen LogP contribution is 2.50. The zero-order chi connectivity index (χ0) is 34.3. The smallest absolute Gasteiger partial charge is 0.234 e. The van der Waals surface area contributed by atoms with E-state index >= 15 is 0 Å². The number of anilines is 1. The lowest BCUT2D eigenvalue weighted by molar-refractivity contribution is -0.436. The average Bonchev–Trinajstić information content (AvgIpc) is 3.70. The van der Waals surface area contributed by atoms with E-state index in [1.54, 1.807) is 16.7 Å². The van der Waals surface area contributed by atoms with Gasteiger partial charge in [-0.25, -0.2) is 0 Å². The highest BCUT2D eigenvalue weighted by atomic mass is 32.2. The molecule has 1 saturated heterocycles. The quantitative estimate of drug-likeness (QED) is 0.105. The van der Waals surface area contributed by atoms with Crippen LogP contribution < -0.4 is 4.90 Å². The number of carbonyl (C=O) groups is 1. The molecule has 0 atom stereocenters. The Balaban J connectivity index is 1.15. The van der Waals surface area contributed by atoms with Crippen molar-refractivity contribution < 1.29 is 9.37 Å². The first kappa shape index (κ1) is 33.2. The molecule has 3 aliphatic heterocycles. The Morgan fingerprint density at radius 3 is 2.18 bits per heavy atom. The number of fused-ring (bicyclic) bond motifs is 6. The molecule has 7 rings (SSSR count). The maximum Gasteiger partial charge on any atom is 0.234 e. The van der Waals surface area contributed by atoms with Crippen LogP contribution in [0.25, 0.3) is 21.5 Å². The first-order valence-corrected chi connectivity index (χ1v) is 18.7. The first-order chi connectivity index (χ1) is 23.6. The normalized spacial score (nSPS) is 19.2. The second-order valence-corrected chi connectivity index (χ2v) is 15.7. The molecule has 1 amide bonds. The molecular formula is C43H44N3OS2+. The molecule has 49 heavy (non-hydrogen) atoms. The van der Waals surface area contributed by atoms with Gasteiger partial charge in [0.25, 0.3) is 0 Å². The zero-order valence-corrected chi connectivity index (χ0v) is 30.7. The molecule has 4 aromatic rings. The summed E-state index contributed by atoms with van der Waals surface area (Å²) < 4.78 is 3.05. The number of carbonyl (C=O) groups excluding carboxylic acids is 1. The predicted molar refractivity (Wildman–Crippen MR) is 214 cm³/mol. The fourth-order valence-electron chi connectivity index (χ4n) is 8.10. The number of benzene rings is 4. The van der Waals surface area contributed by atoms with Gasteiger partial charge in [0, 0.05) is 53.3 Å². The van der Waals surface area contributed by atoms with Gasteiger partial charge in [-0.2, -0.15) is 4.58 Å². The number of amides is 1. The summed E-state index contributed by atoms with van der Waals surface area (Å²) in [5, 5.41) is 5.12. The Kier molecular flexibility index (Phi) is 8.97. The van der Waals surface area contributed by atoms with Gasteiger partial charge in [-0.15, -0.1) is 0 Å². The van der Waals surface area contributed by atoms with Crippen LogP contribution >= 0.6 is 24.0 Å². The number of thiocarbonyl (C=S) groups is 1. The summed E-state index contributed by atoms with van der Waals surface area (Å²) in [7, 11) is 0. The molecule has 0 aromatic heterocycles. The molecule has 0 saturated carbocycles. The van der Waals surface area contributed by atoms with Crippen LogP contribution in [0, 0.1) is 0 Å². The number of nitrogens with zero attached hydrogens (tertiary/aromatic N) is 3. The highest BCUT2D eigenvalue weighted by molar-refractivity contribution is 8.23. The average molecular weight is 683 g/mol. The van der Waals surface area contributed by atoms with E-state index in [4.69, 9.17) is 12.2 Å². The van der Waals surface area contributed by atoms with Gasteiger partial charge in [-0.05, 0) is 66.1 Å². The van der Waals surface area contributed by atoms with E-state index in [1.165, 1.54) is 55.5 Å². The lowest BCUT2D eigenvalue weighted by atomic mass is 9.79. The van der Waals surface area contributed by atoms with E-state index in [9.17, 15) is 4.79 Å². The summed E-state index contributed by atoms with van der Waals surface area (Å²) in [6, 6.07) is 26.3. The van der Waals surface area contributed by atoms with Crippen molar-refractivity contribution >= 4 is 72.8 Å². The van der Waals surface area contributed by atoms with Crippen molar-refractivity contribution in [3.8, 4) is 0 Å². The van der Waals surface area contributed by atoms with Gasteiger partial charge in [0.05, 0.1) is 11.8 Å². The van der Waals surface area contributed by atoms with Gasteiger partial charge in [-0.3, -0.25) is 9.69 Å². The van der Waals surface area contributed by atoms with Crippen molar-refractivity contribution in [3.05, 3.63) is 132 Å². The maximum atomic E-state index is 13.2. The molecular weight excluding hydrogens is 639 g/mol. The minimum atomic E-state index is -0.237. The van der Waals surface area contributed by atoms with Crippen molar-refractivity contribution in [3.63, 3.8) is 0 Å². The van der Waals surface area contributed by atoms with E-state index in [0.29, 0.717) is 23.8 Å². The van der Waals surface area contributed by atoms with Gasteiger partial charge in [0.15, 0.2) is 12.3 Å². The molecule has 4 aromatic carbocycles. The number of allylic oxidation sites excluding steroid dienone is 8. The molecule has 0 spiro atoms. The van der Waals surface area contributed by atoms with Crippen molar-refractivity contribution in [1.29, 1.82) is 0 Å². The highest BCUT2D eigenvalue weighted by Gasteiger charge is 2.46. The van der Waals surface area contributed by atoms with Crippen LogP contribution in [-0.2, 0) is 15.6 Å². The van der Waals surface area contributed by atoms with Crippen LogP contribution in [0.15, 0.2) is 121 Å². The third-order valence-corrected chi connectivity index (χ3v) is 11.8. The maximum absolute atomic E-state index is 13.2. The summed E-state index contributed by atoms with van der Waals surface area (Å²) in [5.41, 5.74) is 7.37. The number of hydrogen-bond donors (Lipinski definition) is 0. The lowest BCUT2D eigenvalue weighted by Gasteiger charge is -2.26. The van der Waals surface area contributed by atoms with Crippen molar-refractivity contribution in [1.82, 2.24) is 4.90 Å². The lowest BCUT2D eigenvalue weighted by Crippen LogP contribution is -2.33. The molecule has 0 bridgehead atoms. The second-order valence-electron chi connectivity index (χ2n) is 14.0. The van der Waals surface area contributed by atoms with Crippen molar-refractivity contribution in [2.24, 2.45) is 0 Å². The van der Waals surface area contributed by atoms with E-state index in [1.807, 2.05) is 0 Å². The second kappa shape index (κ2) is 13.2. The number of rotatable bonds is 8. The fraction of sp³-hybridized carbons (Fsp3) is 0.279. The third-order valence-electron chi connectivity index (χ3n) is 10.4. The number of thioether (sulfide) groups is 1. The van der Waals surface area contributed by atoms with Crippen molar-refractivity contribution in [2.75, 3.05) is 30.3 Å². The molecule has 4 nitrogen and oxygen atoms in total.